The van der Waals surface area contributed by atoms with E-state index < -0.39 is 0 Å². The lowest BCUT2D eigenvalue weighted by Crippen LogP contribution is -1.61. The Bertz CT molecular complexity index is 172. The summed E-state index contributed by atoms with van der Waals surface area (Å²) in [6.45, 7) is 2.88. The highest BCUT2D eigenvalue weighted by molar-refractivity contribution is 5.16. The topological polar surface area (TPSA) is 0 Å². The summed E-state index contributed by atoms with van der Waals surface area (Å²) in [6, 6.07) is 0. The molecular weight excluding hydrogens is 134 g/mol. The monoisotopic (exact) mass is 144 g/mol. The van der Waals surface area contributed by atoms with Crippen molar-refractivity contribution < 1.29 is 8.78 Å². The molecule has 0 heterocycles. The minimum Gasteiger partial charge on any atom is -0.212 e. The summed E-state index contributed by atoms with van der Waals surface area (Å²) in [6.07, 6.45) is 5.02. The van der Waals surface area contributed by atoms with E-state index in [4.69, 9.17) is 0 Å². The van der Waals surface area contributed by atoms with Gasteiger partial charge in [0, 0.05) is 0 Å². The van der Waals surface area contributed by atoms with Crippen LogP contribution in [0.4, 0.5) is 8.78 Å². The van der Waals surface area contributed by atoms with Gasteiger partial charge in [0.05, 0.1) is 5.83 Å². The van der Waals surface area contributed by atoms with E-state index in [1.165, 1.54) is 31.2 Å². The van der Waals surface area contributed by atoms with Crippen molar-refractivity contribution in [1.82, 2.24) is 0 Å². The highest BCUT2D eigenvalue weighted by atomic mass is 19.1. The quantitative estimate of drug-likeness (QED) is 0.521. The van der Waals surface area contributed by atoms with Crippen molar-refractivity contribution in [2.45, 2.75) is 13.8 Å². The van der Waals surface area contributed by atoms with Crippen LogP contribution in [-0.2, 0) is 0 Å². The highest BCUT2D eigenvalue weighted by Gasteiger charge is 1.80. The smallest absolute Gasteiger partial charge is 0.118 e. The molecule has 0 aliphatic heterocycles. The molecule has 0 spiro atoms. The molecule has 0 atom stereocenters. The first kappa shape index (κ1) is 9.08. The van der Waals surface area contributed by atoms with Crippen LogP contribution in [0.3, 0.4) is 0 Å². The lowest BCUT2D eigenvalue weighted by molar-refractivity contribution is 0.640. The summed E-state index contributed by atoms with van der Waals surface area (Å²) in [5, 5.41) is 0. The Labute approximate surface area is 59.6 Å². The Kier molecular flexibility index (Phi) is 4.46. The predicted octanol–water partition coefficient (Wildman–Crippen LogP) is 3.29. The summed E-state index contributed by atoms with van der Waals surface area (Å²) < 4.78 is 24.1. The third-order valence-electron chi connectivity index (χ3n) is 0.857. The van der Waals surface area contributed by atoms with Crippen LogP contribution < -0.4 is 0 Å². The van der Waals surface area contributed by atoms with Crippen molar-refractivity contribution in [2.75, 3.05) is 0 Å². The van der Waals surface area contributed by atoms with Gasteiger partial charge >= 0.3 is 0 Å². The largest absolute Gasteiger partial charge is 0.212 e. The number of allylic oxidation sites excluding steroid dienone is 6. The van der Waals surface area contributed by atoms with Gasteiger partial charge in [0.1, 0.15) is 5.83 Å². The number of rotatable bonds is 2. The Morgan fingerprint density at radius 1 is 1.30 bits per heavy atom. The Balaban J connectivity index is 3.90. The number of halogens is 2. The average Bonchev–Trinajstić information content (AvgIpc) is 1.87. The molecule has 0 aliphatic carbocycles. The first-order valence-corrected chi connectivity index (χ1v) is 2.99. The molecule has 0 radical (unpaired) electrons. The van der Waals surface area contributed by atoms with Crippen LogP contribution in [0.15, 0.2) is 36.0 Å². The number of hydrogen-bond acceptors (Lipinski definition) is 0. The molecule has 0 bridgehead atoms. The van der Waals surface area contributed by atoms with Gasteiger partial charge in [0.2, 0.25) is 0 Å². The molecule has 0 aromatic heterocycles. The van der Waals surface area contributed by atoms with Gasteiger partial charge in [-0.3, -0.25) is 0 Å². The predicted molar refractivity (Wildman–Crippen MR) is 38.9 cm³/mol. The average molecular weight is 144 g/mol. The lowest BCUT2D eigenvalue weighted by Gasteiger charge is -1.80. The van der Waals surface area contributed by atoms with Gasteiger partial charge in [-0.15, -0.1) is 0 Å². The van der Waals surface area contributed by atoms with Gasteiger partial charge in [-0.1, -0.05) is 12.2 Å². The summed E-state index contributed by atoms with van der Waals surface area (Å²) in [5.41, 5.74) is 0. The first-order chi connectivity index (χ1) is 4.66. The standard InChI is InChI=1S/C8H10F2/c1-3-8(10)6-4-5-7(2)9/h3-6H,1-2H3/b6-4-,7-5+,8-3+. The fraction of sp³-hybridized carbons (Fsp3) is 0.250. The van der Waals surface area contributed by atoms with E-state index in [0.29, 0.717) is 0 Å². The maximum atomic E-state index is 12.2. The minimum atomic E-state index is -0.363. The van der Waals surface area contributed by atoms with Crippen molar-refractivity contribution in [3.8, 4) is 0 Å². The van der Waals surface area contributed by atoms with Gasteiger partial charge in [-0.05, 0) is 26.0 Å². The van der Waals surface area contributed by atoms with Gasteiger partial charge in [-0.25, -0.2) is 8.78 Å². The van der Waals surface area contributed by atoms with Crippen molar-refractivity contribution in [2.24, 2.45) is 0 Å². The molecular formula is C8H10F2. The van der Waals surface area contributed by atoms with E-state index in [9.17, 15) is 8.78 Å². The van der Waals surface area contributed by atoms with Crippen LogP contribution in [0, 0.1) is 0 Å². The second-order valence-corrected chi connectivity index (χ2v) is 1.79. The SMILES string of the molecule is C\C=C(F)/C=C\C=C(/C)F. The third-order valence-corrected chi connectivity index (χ3v) is 0.857. The van der Waals surface area contributed by atoms with Crippen LogP contribution in [0.5, 0.6) is 0 Å². The minimum absolute atomic E-state index is 0.333. The molecule has 0 saturated heterocycles. The van der Waals surface area contributed by atoms with E-state index in [1.54, 1.807) is 6.92 Å². The normalized spacial score (nSPS) is 14.8. The van der Waals surface area contributed by atoms with Crippen LogP contribution in [0.1, 0.15) is 13.8 Å². The summed E-state index contributed by atoms with van der Waals surface area (Å²) >= 11 is 0. The Hall–Kier alpha value is -0.920. The molecule has 56 valence electrons. The second-order valence-electron chi connectivity index (χ2n) is 1.79. The van der Waals surface area contributed by atoms with Crippen LogP contribution >= 0.6 is 0 Å². The Morgan fingerprint density at radius 2 is 1.90 bits per heavy atom. The van der Waals surface area contributed by atoms with Crippen LogP contribution in [0.25, 0.3) is 0 Å². The highest BCUT2D eigenvalue weighted by Crippen LogP contribution is 1.99. The van der Waals surface area contributed by atoms with Crippen LogP contribution in [-0.4, -0.2) is 0 Å². The molecule has 0 amide bonds. The fourth-order valence-corrected chi connectivity index (χ4v) is 0.369. The summed E-state index contributed by atoms with van der Waals surface area (Å²) in [5.74, 6) is -0.697. The molecule has 2 heteroatoms. The number of hydrogen-bond donors (Lipinski definition) is 0. The summed E-state index contributed by atoms with van der Waals surface area (Å²) in [4.78, 5) is 0. The Morgan fingerprint density at radius 3 is 2.30 bits per heavy atom. The van der Waals surface area contributed by atoms with Crippen molar-refractivity contribution in [3.05, 3.63) is 36.0 Å². The zero-order valence-corrected chi connectivity index (χ0v) is 6.07. The zero-order chi connectivity index (χ0) is 7.98. The van der Waals surface area contributed by atoms with E-state index in [-0.39, 0.29) is 11.7 Å². The molecule has 0 N–H and O–H groups in total. The molecule has 0 saturated carbocycles. The van der Waals surface area contributed by atoms with Gasteiger partial charge in [-0.2, -0.15) is 0 Å². The van der Waals surface area contributed by atoms with Gasteiger partial charge in [0.15, 0.2) is 0 Å². The van der Waals surface area contributed by atoms with Gasteiger partial charge < -0.3 is 0 Å². The van der Waals surface area contributed by atoms with E-state index in [0.717, 1.165) is 0 Å². The zero-order valence-electron chi connectivity index (χ0n) is 6.07. The second kappa shape index (κ2) is 4.91. The molecule has 0 aromatic rings. The molecule has 0 rings (SSSR count). The molecule has 0 aliphatic rings. The molecule has 0 fully saturated rings. The third kappa shape index (κ3) is 5.22. The first-order valence-electron chi connectivity index (χ1n) is 2.99. The van der Waals surface area contributed by atoms with E-state index in [1.807, 2.05) is 0 Å². The lowest BCUT2D eigenvalue weighted by atomic mass is 10.4. The molecule has 10 heavy (non-hydrogen) atoms. The maximum Gasteiger partial charge on any atom is 0.118 e. The fourth-order valence-electron chi connectivity index (χ4n) is 0.369. The van der Waals surface area contributed by atoms with Gasteiger partial charge in [0.25, 0.3) is 0 Å². The van der Waals surface area contributed by atoms with Crippen LogP contribution in [0.2, 0.25) is 0 Å². The van der Waals surface area contributed by atoms with E-state index in [2.05, 4.69) is 0 Å². The molecule has 0 unspecified atom stereocenters. The van der Waals surface area contributed by atoms with E-state index >= 15 is 0 Å². The van der Waals surface area contributed by atoms with Crippen molar-refractivity contribution >= 4 is 0 Å². The summed E-state index contributed by atoms with van der Waals surface area (Å²) in [7, 11) is 0. The maximum absolute atomic E-state index is 12.2. The molecule has 0 nitrogen and oxygen atoms in total. The van der Waals surface area contributed by atoms with Crippen molar-refractivity contribution in [3.63, 3.8) is 0 Å². The molecule has 0 aromatic carbocycles. The van der Waals surface area contributed by atoms with Crippen molar-refractivity contribution in [1.29, 1.82) is 0 Å².